The molecule has 9 nitrogen and oxygen atoms in total. The number of rotatable bonds is 5. The summed E-state index contributed by atoms with van der Waals surface area (Å²) in [6, 6.07) is 13.1. The van der Waals surface area contributed by atoms with Crippen LogP contribution in [0.15, 0.2) is 48.5 Å². The molecule has 2 heterocycles. The van der Waals surface area contributed by atoms with Crippen molar-refractivity contribution in [3.63, 3.8) is 0 Å². The van der Waals surface area contributed by atoms with Crippen LogP contribution in [0.25, 0.3) is 5.69 Å². The lowest BCUT2D eigenvalue weighted by atomic mass is 10.2. The molecule has 1 aromatic heterocycles. The summed E-state index contributed by atoms with van der Waals surface area (Å²) in [5.41, 5.74) is 2.62. The molecule has 2 amide bonds. The Kier molecular flexibility index (Phi) is 6.35. The number of aromatic nitrogens is 3. The van der Waals surface area contributed by atoms with Crippen molar-refractivity contribution in [2.24, 2.45) is 0 Å². The van der Waals surface area contributed by atoms with Crippen LogP contribution >= 0.6 is 37.1 Å². The van der Waals surface area contributed by atoms with Crippen molar-refractivity contribution in [1.29, 1.82) is 0 Å². The van der Waals surface area contributed by atoms with Crippen molar-refractivity contribution in [3.05, 3.63) is 58.1 Å². The van der Waals surface area contributed by atoms with Gasteiger partial charge in [0.25, 0.3) is 0 Å². The van der Waals surface area contributed by atoms with Gasteiger partial charge in [0.1, 0.15) is 6.04 Å². The summed E-state index contributed by atoms with van der Waals surface area (Å²) in [6.07, 6.45) is 0.695. The number of amides is 2. The summed E-state index contributed by atoms with van der Waals surface area (Å²) < 4.78 is 2.48. The minimum Gasteiger partial charge on any atom is -0.480 e. The van der Waals surface area contributed by atoms with Gasteiger partial charge in [0.2, 0.25) is 0 Å². The molecule has 0 aliphatic carbocycles. The monoisotopic (exact) mass is 488 g/mol. The first-order valence-electron chi connectivity index (χ1n) is 9.69. The molecule has 0 radical (unpaired) electrons. The van der Waals surface area contributed by atoms with Crippen LogP contribution in [-0.2, 0) is 4.79 Å². The number of anilines is 3. The second-order valence-corrected chi connectivity index (χ2v) is 8.64. The molecule has 4 rings (SSSR count). The molecule has 2 atom stereocenters. The lowest BCUT2D eigenvalue weighted by molar-refractivity contribution is -0.138. The topological polar surface area (TPSA) is 118 Å². The number of nitrogens with zero attached hydrogens (tertiary/aromatic N) is 2. The van der Waals surface area contributed by atoms with Crippen LogP contribution in [0.3, 0.4) is 0 Å². The molecule has 2 unspecified atom stereocenters. The minimum absolute atomic E-state index is 0.220. The van der Waals surface area contributed by atoms with Crippen LogP contribution in [0.2, 0.25) is 0 Å². The van der Waals surface area contributed by atoms with E-state index in [0.717, 1.165) is 5.69 Å². The van der Waals surface area contributed by atoms with E-state index in [-0.39, 0.29) is 5.25 Å². The largest absolute Gasteiger partial charge is 0.480 e. The number of hydrogen-bond acceptors (Lipinski definition) is 6. The summed E-state index contributed by atoms with van der Waals surface area (Å²) in [4.78, 5) is 25.8. The fourth-order valence-corrected chi connectivity index (χ4v) is 4.62. The van der Waals surface area contributed by atoms with Crippen LogP contribution in [0.4, 0.5) is 21.9 Å². The van der Waals surface area contributed by atoms with Crippen LogP contribution < -0.4 is 15.5 Å². The van der Waals surface area contributed by atoms with Gasteiger partial charge in [-0.05, 0) is 73.3 Å². The number of aromatic amines is 2. The lowest BCUT2D eigenvalue weighted by Gasteiger charge is -2.25. The predicted octanol–water partition coefficient (Wildman–Crippen LogP) is 4.20. The number of hydrogen-bond donors (Lipinski definition) is 6. The van der Waals surface area contributed by atoms with E-state index in [4.69, 9.17) is 24.4 Å². The zero-order valence-corrected chi connectivity index (χ0v) is 19.1. The van der Waals surface area contributed by atoms with E-state index in [1.165, 1.54) is 0 Å². The number of carboxylic acid groups (broad SMARTS) is 1. The summed E-state index contributed by atoms with van der Waals surface area (Å²) >= 11 is 14.8. The number of carbonyl (C=O) groups excluding carboxylic acids is 1. The van der Waals surface area contributed by atoms with Gasteiger partial charge in [0, 0.05) is 28.9 Å². The SMILES string of the molecule is O=C(Nc1ccc(N2CCC(S)C2C(=O)O)cc1)Nc1cccc(-n2c(=S)[nH][nH]c2=S)c1. The highest BCUT2D eigenvalue weighted by Gasteiger charge is 2.37. The Balaban J connectivity index is 1.43. The van der Waals surface area contributed by atoms with Crippen LogP contribution in [0, 0.1) is 9.54 Å². The van der Waals surface area contributed by atoms with Crippen LogP contribution in [0.5, 0.6) is 0 Å². The van der Waals surface area contributed by atoms with Crippen molar-refractivity contribution in [2.45, 2.75) is 17.7 Å². The van der Waals surface area contributed by atoms with Gasteiger partial charge < -0.3 is 20.6 Å². The van der Waals surface area contributed by atoms with Gasteiger partial charge in [-0.2, -0.15) is 12.6 Å². The molecule has 5 N–H and O–H groups in total. The Morgan fingerprint density at radius 2 is 1.66 bits per heavy atom. The molecule has 32 heavy (non-hydrogen) atoms. The van der Waals surface area contributed by atoms with E-state index in [2.05, 4.69) is 33.5 Å². The van der Waals surface area contributed by atoms with Crippen LogP contribution in [-0.4, -0.2) is 49.7 Å². The molecule has 1 aliphatic heterocycles. The number of thiol groups is 1. The fraction of sp³-hybridized carbons (Fsp3) is 0.200. The average Bonchev–Trinajstić information content (AvgIpc) is 3.30. The highest BCUT2D eigenvalue weighted by molar-refractivity contribution is 7.81. The molecule has 2 aromatic carbocycles. The fourth-order valence-electron chi connectivity index (χ4n) is 3.66. The van der Waals surface area contributed by atoms with Gasteiger partial charge in [-0.1, -0.05) is 6.07 Å². The normalized spacial score (nSPS) is 17.8. The number of aliphatic carboxylic acids is 1. The molecular formula is C20H20N6O3S3. The molecule has 0 saturated carbocycles. The summed E-state index contributed by atoms with van der Waals surface area (Å²) in [6.45, 7) is 0.615. The number of nitrogens with one attached hydrogen (secondary N) is 4. The number of H-pyrrole nitrogens is 2. The third-order valence-corrected chi connectivity index (χ3v) is 6.23. The Labute approximate surface area is 198 Å². The number of benzene rings is 2. The molecule has 1 saturated heterocycles. The van der Waals surface area contributed by atoms with Gasteiger partial charge in [-0.15, -0.1) is 0 Å². The quantitative estimate of drug-likeness (QED) is 0.237. The van der Waals surface area contributed by atoms with Gasteiger partial charge >= 0.3 is 12.0 Å². The number of carbonyl (C=O) groups is 2. The van der Waals surface area contributed by atoms with E-state index in [1.54, 1.807) is 47.0 Å². The van der Waals surface area contributed by atoms with E-state index >= 15 is 0 Å². The Bertz CT molecular complexity index is 1240. The van der Waals surface area contributed by atoms with E-state index in [9.17, 15) is 14.7 Å². The smallest absolute Gasteiger partial charge is 0.327 e. The zero-order chi connectivity index (χ0) is 22.8. The van der Waals surface area contributed by atoms with Crippen LogP contribution in [0.1, 0.15) is 6.42 Å². The number of carboxylic acids is 1. The second kappa shape index (κ2) is 9.18. The van der Waals surface area contributed by atoms with E-state index in [0.29, 0.717) is 39.6 Å². The molecule has 1 fully saturated rings. The van der Waals surface area contributed by atoms with Gasteiger partial charge in [-0.3, -0.25) is 14.8 Å². The summed E-state index contributed by atoms with van der Waals surface area (Å²) in [7, 11) is 0. The Morgan fingerprint density at radius 3 is 2.31 bits per heavy atom. The van der Waals surface area contributed by atoms with Crippen molar-refractivity contribution in [3.8, 4) is 5.69 Å². The van der Waals surface area contributed by atoms with Crippen molar-refractivity contribution >= 4 is 66.1 Å². The van der Waals surface area contributed by atoms with Crippen molar-refractivity contribution in [1.82, 2.24) is 14.8 Å². The highest BCUT2D eigenvalue weighted by atomic mass is 32.1. The van der Waals surface area contributed by atoms with Crippen molar-refractivity contribution in [2.75, 3.05) is 22.1 Å². The van der Waals surface area contributed by atoms with Crippen molar-refractivity contribution < 1.29 is 14.7 Å². The van der Waals surface area contributed by atoms with Gasteiger partial charge in [-0.25, -0.2) is 9.59 Å². The lowest BCUT2D eigenvalue weighted by Crippen LogP contribution is -2.40. The highest BCUT2D eigenvalue weighted by Crippen LogP contribution is 2.29. The number of urea groups is 1. The first kappa shape index (κ1) is 22.1. The standard InChI is InChI=1S/C20H20N6O3S3/c27-17(28)16-15(30)8-9-25(16)13-6-4-11(5-7-13)21-18(29)22-12-2-1-3-14(10-12)26-19(31)23-24-20(26)32/h1-7,10,15-16,30H,8-9H2,(H,23,31)(H,24,32)(H,27,28)(H2,21,22,29). The average molecular weight is 489 g/mol. The molecule has 0 bridgehead atoms. The third-order valence-electron chi connectivity index (χ3n) is 5.12. The Morgan fingerprint density at radius 1 is 1.00 bits per heavy atom. The zero-order valence-electron chi connectivity index (χ0n) is 16.6. The Hall–Kier alpha value is -3.09. The molecule has 0 spiro atoms. The predicted molar refractivity (Wildman–Crippen MR) is 131 cm³/mol. The molecule has 12 heteroatoms. The maximum absolute atomic E-state index is 12.5. The van der Waals surface area contributed by atoms with Gasteiger partial charge in [0.05, 0.1) is 5.69 Å². The second-order valence-electron chi connectivity index (χ2n) is 7.20. The molecule has 3 aromatic rings. The maximum Gasteiger partial charge on any atom is 0.327 e. The molecular weight excluding hydrogens is 468 g/mol. The summed E-state index contributed by atoms with van der Waals surface area (Å²) in [5.74, 6) is -0.895. The molecule has 166 valence electrons. The van der Waals surface area contributed by atoms with E-state index < -0.39 is 18.0 Å². The van der Waals surface area contributed by atoms with Gasteiger partial charge in [0.15, 0.2) is 9.54 Å². The minimum atomic E-state index is -0.895. The third kappa shape index (κ3) is 4.56. The summed E-state index contributed by atoms with van der Waals surface area (Å²) in [5, 5.41) is 20.3. The first-order valence-corrected chi connectivity index (χ1v) is 11.0. The molecule has 1 aliphatic rings. The maximum atomic E-state index is 12.5. The van der Waals surface area contributed by atoms with E-state index in [1.807, 2.05) is 11.0 Å². The first-order chi connectivity index (χ1) is 15.3.